The molecule has 2 aromatic rings. The molecule has 18 heavy (non-hydrogen) atoms. The summed E-state index contributed by atoms with van der Waals surface area (Å²) >= 11 is 0. The van der Waals surface area contributed by atoms with Crippen LogP contribution in [-0.4, -0.2) is 15.9 Å². The zero-order chi connectivity index (χ0) is 13.0. The number of anilines is 1. The van der Waals surface area contributed by atoms with Gasteiger partial charge in [-0.15, -0.1) is 0 Å². The van der Waals surface area contributed by atoms with Crippen molar-refractivity contribution in [1.82, 2.24) is 9.97 Å². The minimum atomic E-state index is -0.456. The number of carbonyl (C=O) groups is 1. The van der Waals surface area contributed by atoms with E-state index >= 15 is 0 Å². The van der Waals surface area contributed by atoms with Crippen molar-refractivity contribution in [2.45, 2.75) is 6.54 Å². The number of carbonyl (C=O) groups excluding carboxylic acids is 1. The Bertz CT molecular complexity index is 556. The number of hydrogen-bond donors (Lipinski definition) is 2. The summed E-state index contributed by atoms with van der Waals surface area (Å²) in [6, 6.07) is 5.77. The van der Waals surface area contributed by atoms with E-state index in [2.05, 4.69) is 15.3 Å². The smallest absolute Gasteiger partial charge is 0.256 e. The molecule has 6 heteroatoms. The first-order chi connectivity index (χ1) is 8.69. The summed E-state index contributed by atoms with van der Waals surface area (Å²) in [5.74, 6) is -0.513. The topological polar surface area (TPSA) is 80.9 Å². The second kappa shape index (κ2) is 5.33. The largest absolute Gasteiger partial charge is 0.325 e. The molecule has 1 amide bonds. The second-order valence-electron chi connectivity index (χ2n) is 3.56. The SMILES string of the molecule is NCc1cc(C(=O)Nc2ccc(F)cn2)ccn1. The minimum Gasteiger partial charge on any atom is -0.325 e. The molecule has 0 aliphatic heterocycles. The number of pyridine rings is 2. The molecule has 92 valence electrons. The molecule has 0 atom stereocenters. The first-order valence-electron chi connectivity index (χ1n) is 5.27. The lowest BCUT2D eigenvalue weighted by Gasteiger charge is -2.05. The van der Waals surface area contributed by atoms with E-state index < -0.39 is 5.82 Å². The number of hydrogen-bond acceptors (Lipinski definition) is 4. The van der Waals surface area contributed by atoms with E-state index in [0.29, 0.717) is 11.3 Å². The number of aromatic nitrogens is 2. The van der Waals surface area contributed by atoms with Gasteiger partial charge in [0.15, 0.2) is 0 Å². The first kappa shape index (κ1) is 12.1. The highest BCUT2D eigenvalue weighted by Crippen LogP contribution is 2.07. The number of amides is 1. The van der Waals surface area contributed by atoms with Crippen molar-refractivity contribution >= 4 is 11.7 Å². The molecule has 0 radical (unpaired) electrons. The van der Waals surface area contributed by atoms with Crippen LogP contribution in [0.3, 0.4) is 0 Å². The third-order valence-electron chi connectivity index (χ3n) is 2.26. The van der Waals surface area contributed by atoms with Crippen LogP contribution in [0.25, 0.3) is 0 Å². The molecule has 0 spiro atoms. The molecule has 2 aromatic heterocycles. The summed E-state index contributed by atoms with van der Waals surface area (Å²) in [6.45, 7) is 0.260. The standard InChI is InChI=1S/C12H11FN4O/c13-9-1-2-11(16-7-9)17-12(18)8-3-4-15-10(5-8)6-14/h1-5,7H,6,14H2,(H,16,17,18). The number of rotatable bonds is 3. The van der Waals surface area contributed by atoms with Gasteiger partial charge in [-0.05, 0) is 24.3 Å². The highest BCUT2D eigenvalue weighted by atomic mass is 19.1. The van der Waals surface area contributed by atoms with Crippen LogP contribution in [0.2, 0.25) is 0 Å². The number of halogens is 1. The highest BCUT2D eigenvalue weighted by molar-refractivity contribution is 6.03. The first-order valence-corrected chi connectivity index (χ1v) is 5.27. The Kier molecular flexibility index (Phi) is 3.59. The van der Waals surface area contributed by atoms with Crippen LogP contribution < -0.4 is 11.1 Å². The van der Waals surface area contributed by atoms with Gasteiger partial charge in [0.05, 0.1) is 11.9 Å². The van der Waals surface area contributed by atoms with Crippen LogP contribution >= 0.6 is 0 Å². The fraction of sp³-hybridized carbons (Fsp3) is 0.0833. The minimum absolute atomic E-state index is 0.260. The van der Waals surface area contributed by atoms with Crippen molar-refractivity contribution in [2.75, 3.05) is 5.32 Å². The normalized spacial score (nSPS) is 10.1. The van der Waals surface area contributed by atoms with Crippen LogP contribution in [-0.2, 0) is 6.54 Å². The maximum Gasteiger partial charge on any atom is 0.256 e. The van der Waals surface area contributed by atoms with Gasteiger partial charge < -0.3 is 11.1 Å². The Morgan fingerprint density at radius 2 is 2.17 bits per heavy atom. The van der Waals surface area contributed by atoms with Crippen LogP contribution in [0.1, 0.15) is 16.1 Å². The molecule has 0 saturated carbocycles. The van der Waals surface area contributed by atoms with Gasteiger partial charge in [0.1, 0.15) is 11.6 Å². The fourth-order valence-electron chi connectivity index (χ4n) is 1.37. The number of nitrogens with one attached hydrogen (secondary N) is 1. The van der Waals surface area contributed by atoms with Gasteiger partial charge in [0.25, 0.3) is 5.91 Å². The van der Waals surface area contributed by atoms with Gasteiger partial charge in [-0.3, -0.25) is 9.78 Å². The Morgan fingerprint density at radius 3 is 2.83 bits per heavy atom. The van der Waals surface area contributed by atoms with E-state index in [-0.39, 0.29) is 18.3 Å². The third-order valence-corrected chi connectivity index (χ3v) is 2.26. The summed E-state index contributed by atoms with van der Waals surface area (Å²) in [4.78, 5) is 19.6. The highest BCUT2D eigenvalue weighted by Gasteiger charge is 2.07. The maximum absolute atomic E-state index is 12.6. The molecule has 0 aliphatic carbocycles. The third kappa shape index (κ3) is 2.86. The van der Waals surface area contributed by atoms with Gasteiger partial charge in [-0.25, -0.2) is 9.37 Å². The lowest BCUT2D eigenvalue weighted by Crippen LogP contribution is -2.14. The summed E-state index contributed by atoms with van der Waals surface area (Å²) in [6.07, 6.45) is 2.54. The summed E-state index contributed by atoms with van der Waals surface area (Å²) < 4.78 is 12.6. The van der Waals surface area contributed by atoms with E-state index in [1.54, 1.807) is 12.1 Å². The Hall–Kier alpha value is -2.34. The number of nitrogens with zero attached hydrogens (tertiary/aromatic N) is 2. The maximum atomic E-state index is 12.6. The zero-order valence-electron chi connectivity index (χ0n) is 9.43. The van der Waals surface area contributed by atoms with Gasteiger partial charge in [0.2, 0.25) is 0 Å². The van der Waals surface area contributed by atoms with Gasteiger partial charge in [0, 0.05) is 18.3 Å². The average molecular weight is 246 g/mol. The summed E-state index contributed by atoms with van der Waals surface area (Å²) in [7, 11) is 0. The van der Waals surface area contributed by atoms with Crippen molar-refractivity contribution in [2.24, 2.45) is 5.73 Å². The monoisotopic (exact) mass is 246 g/mol. The summed E-state index contributed by atoms with van der Waals surface area (Å²) in [5.41, 5.74) is 6.49. The molecule has 3 N–H and O–H groups in total. The van der Waals surface area contributed by atoms with E-state index in [1.165, 1.54) is 18.3 Å². The fourth-order valence-corrected chi connectivity index (χ4v) is 1.37. The van der Waals surface area contributed by atoms with Crippen LogP contribution in [0, 0.1) is 5.82 Å². The van der Waals surface area contributed by atoms with Crippen LogP contribution in [0.5, 0.6) is 0 Å². The van der Waals surface area contributed by atoms with E-state index in [1.807, 2.05) is 0 Å². The predicted octanol–water partition coefficient (Wildman–Crippen LogP) is 1.33. The molecule has 0 aliphatic rings. The quantitative estimate of drug-likeness (QED) is 0.856. The predicted molar refractivity (Wildman–Crippen MR) is 64.3 cm³/mol. The molecule has 2 heterocycles. The molecule has 5 nitrogen and oxygen atoms in total. The lowest BCUT2D eigenvalue weighted by atomic mass is 10.2. The number of nitrogens with two attached hydrogens (primary N) is 1. The van der Waals surface area contributed by atoms with Crippen molar-refractivity contribution < 1.29 is 9.18 Å². The van der Waals surface area contributed by atoms with Gasteiger partial charge in [-0.1, -0.05) is 0 Å². The van der Waals surface area contributed by atoms with Gasteiger partial charge >= 0.3 is 0 Å². The van der Waals surface area contributed by atoms with Crippen molar-refractivity contribution in [3.63, 3.8) is 0 Å². The van der Waals surface area contributed by atoms with E-state index in [9.17, 15) is 9.18 Å². The van der Waals surface area contributed by atoms with Crippen molar-refractivity contribution in [3.8, 4) is 0 Å². The Balaban J connectivity index is 2.14. The zero-order valence-corrected chi connectivity index (χ0v) is 9.43. The van der Waals surface area contributed by atoms with Gasteiger partial charge in [-0.2, -0.15) is 0 Å². The average Bonchev–Trinajstić information content (AvgIpc) is 2.41. The molecule has 0 bridgehead atoms. The molecular weight excluding hydrogens is 235 g/mol. The van der Waals surface area contributed by atoms with Crippen LogP contribution in [0.15, 0.2) is 36.7 Å². The van der Waals surface area contributed by atoms with E-state index in [0.717, 1.165) is 6.20 Å². The summed E-state index contributed by atoms with van der Waals surface area (Å²) in [5, 5.41) is 2.55. The van der Waals surface area contributed by atoms with Crippen molar-refractivity contribution in [1.29, 1.82) is 0 Å². The molecular formula is C12H11FN4O. The molecule has 0 fully saturated rings. The lowest BCUT2D eigenvalue weighted by molar-refractivity contribution is 0.102. The van der Waals surface area contributed by atoms with Crippen LogP contribution in [0.4, 0.5) is 10.2 Å². The molecule has 2 rings (SSSR count). The Labute approximate surface area is 103 Å². The molecule has 0 aromatic carbocycles. The molecule has 0 saturated heterocycles. The van der Waals surface area contributed by atoms with E-state index in [4.69, 9.17) is 5.73 Å². The van der Waals surface area contributed by atoms with Crippen molar-refractivity contribution in [3.05, 3.63) is 53.7 Å². The Morgan fingerprint density at radius 1 is 1.33 bits per heavy atom. The molecule has 0 unspecified atom stereocenters. The second-order valence-corrected chi connectivity index (χ2v) is 3.56.